The van der Waals surface area contributed by atoms with Crippen LogP contribution < -0.4 is 5.32 Å². The number of amides is 1. The minimum Gasteiger partial charge on any atom is -0.444 e. The lowest BCUT2D eigenvalue weighted by atomic mass is 10.1. The Hall–Kier alpha value is -2.34. The number of carbonyl (C=O) groups is 1. The summed E-state index contributed by atoms with van der Waals surface area (Å²) in [5.41, 5.74) is 2.82. The van der Waals surface area contributed by atoms with Gasteiger partial charge in [-0.1, -0.05) is 28.1 Å². The predicted molar refractivity (Wildman–Crippen MR) is 99.1 cm³/mol. The number of ether oxygens (including phenoxy) is 1. The van der Waals surface area contributed by atoms with Gasteiger partial charge in [0.2, 0.25) is 0 Å². The highest BCUT2D eigenvalue weighted by Gasteiger charge is 2.16. The molecule has 2 aromatic carbocycles. The number of fused-ring (bicyclic) bond motifs is 1. The molecule has 0 fully saturated rings. The number of halogens is 1. The van der Waals surface area contributed by atoms with E-state index in [9.17, 15) is 4.79 Å². The van der Waals surface area contributed by atoms with E-state index in [1.54, 1.807) is 0 Å². The Kier molecular flexibility index (Phi) is 4.32. The largest absolute Gasteiger partial charge is 0.444 e. The number of aromatic nitrogens is 2. The standard InChI is InChI=1S/C18H18BrN3O2/c1-18(2,3)24-17(23)20-13-6-4-5-11(9-13)16-14-10-12(19)7-8-15(14)21-22-16/h4-10H,1-3H3,(H,20,23)(H,21,22). The first-order valence-corrected chi connectivity index (χ1v) is 8.35. The molecule has 0 spiro atoms. The molecular weight excluding hydrogens is 370 g/mol. The van der Waals surface area contributed by atoms with Crippen molar-refractivity contribution in [2.24, 2.45) is 0 Å². The zero-order valence-electron chi connectivity index (χ0n) is 13.7. The van der Waals surface area contributed by atoms with Gasteiger partial charge in [-0.2, -0.15) is 5.10 Å². The van der Waals surface area contributed by atoms with Gasteiger partial charge in [-0.3, -0.25) is 10.4 Å². The summed E-state index contributed by atoms with van der Waals surface area (Å²) in [5.74, 6) is 0. The van der Waals surface area contributed by atoms with Gasteiger partial charge in [0.25, 0.3) is 0 Å². The second-order valence-electron chi connectivity index (χ2n) is 6.47. The van der Waals surface area contributed by atoms with Crippen molar-refractivity contribution in [3.05, 3.63) is 46.9 Å². The fraction of sp³-hybridized carbons (Fsp3) is 0.222. The van der Waals surface area contributed by atoms with Crippen molar-refractivity contribution in [2.45, 2.75) is 26.4 Å². The Balaban J connectivity index is 1.90. The average Bonchev–Trinajstić information content (AvgIpc) is 2.88. The molecule has 1 aromatic heterocycles. The SMILES string of the molecule is CC(C)(C)OC(=O)Nc1cccc(-c2n[nH]c3ccc(Br)cc23)c1. The highest BCUT2D eigenvalue weighted by molar-refractivity contribution is 9.10. The van der Waals surface area contributed by atoms with E-state index in [2.05, 4.69) is 31.4 Å². The van der Waals surface area contributed by atoms with Crippen molar-refractivity contribution in [2.75, 3.05) is 5.32 Å². The summed E-state index contributed by atoms with van der Waals surface area (Å²) in [6, 6.07) is 13.5. The van der Waals surface area contributed by atoms with Crippen molar-refractivity contribution < 1.29 is 9.53 Å². The summed E-state index contributed by atoms with van der Waals surface area (Å²) < 4.78 is 6.27. The van der Waals surface area contributed by atoms with Crippen LogP contribution in [0, 0.1) is 0 Å². The molecule has 0 radical (unpaired) electrons. The maximum atomic E-state index is 11.9. The summed E-state index contributed by atoms with van der Waals surface area (Å²) in [6.45, 7) is 5.49. The highest BCUT2D eigenvalue weighted by Crippen LogP contribution is 2.30. The van der Waals surface area contributed by atoms with E-state index in [1.807, 2.05) is 63.2 Å². The van der Waals surface area contributed by atoms with Gasteiger partial charge in [-0.25, -0.2) is 4.79 Å². The molecule has 1 amide bonds. The van der Waals surface area contributed by atoms with Crippen molar-refractivity contribution in [3.8, 4) is 11.3 Å². The van der Waals surface area contributed by atoms with E-state index >= 15 is 0 Å². The quantitative estimate of drug-likeness (QED) is 0.623. The molecular formula is C18H18BrN3O2. The number of H-pyrrole nitrogens is 1. The second-order valence-corrected chi connectivity index (χ2v) is 7.39. The predicted octanol–water partition coefficient (Wildman–Crippen LogP) is 5.34. The highest BCUT2D eigenvalue weighted by atomic mass is 79.9. The summed E-state index contributed by atoms with van der Waals surface area (Å²) in [6.07, 6.45) is -0.478. The minimum atomic E-state index is -0.535. The first kappa shape index (κ1) is 16.5. The molecule has 3 aromatic rings. The number of nitrogens with zero attached hydrogens (tertiary/aromatic N) is 1. The maximum Gasteiger partial charge on any atom is 0.412 e. The van der Waals surface area contributed by atoms with E-state index in [0.717, 1.165) is 26.6 Å². The number of anilines is 1. The van der Waals surface area contributed by atoms with Gasteiger partial charge < -0.3 is 4.74 Å². The van der Waals surface area contributed by atoms with Crippen molar-refractivity contribution in [1.82, 2.24) is 10.2 Å². The molecule has 2 N–H and O–H groups in total. The Morgan fingerprint density at radius 1 is 1.21 bits per heavy atom. The van der Waals surface area contributed by atoms with Crippen LogP contribution in [0.25, 0.3) is 22.2 Å². The minimum absolute atomic E-state index is 0.478. The van der Waals surface area contributed by atoms with Crippen LogP contribution in [0.2, 0.25) is 0 Å². The molecule has 0 atom stereocenters. The van der Waals surface area contributed by atoms with Crippen LogP contribution in [0.5, 0.6) is 0 Å². The molecule has 3 rings (SSSR count). The smallest absolute Gasteiger partial charge is 0.412 e. The van der Waals surface area contributed by atoms with Crippen LogP contribution in [0.1, 0.15) is 20.8 Å². The number of hydrogen-bond donors (Lipinski definition) is 2. The molecule has 6 heteroatoms. The van der Waals surface area contributed by atoms with Crippen LogP contribution in [-0.4, -0.2) is 21.9 Å². The molecule has 0 saturated carbocycles. The topological polar surface area (TPSA) is 67.0 Å². The monoisotopic (exact) mass is 387 g/mol. The Morgan fingerprint density at radius 3 is 2.75 bits per heavy atom. The molecule has 0 saturated heterocycles. The summed E-state index contributed by atoms with van der Waals surface area (Å²) >= 11 is 3.48. The molecule has 0 aliphatic heterocycles. The number of rotatable bonds is 2. The van der Waals surface area contributed by atoms with Gasteiger partial charge in [0.15, 0.2) is 0 Å². The van der Waals surface area contributed by atoms with E-state index < -0.39 is 11.7 Å². The molecule has 24 heavy (non-hydrogen) atoms. The molecule has 0 aliphatic rings. The summed E-state index contributed by atoms with van der Waals surface area (Å²) in [4.78, 5) is 11.9. The third-order valence-corrected chi connectivity index (χ3v) is 3.80. The van der Waals surface area contributed by atoms with Crippen molar-refractivity contribution >= 4 is 38.6 Å². The molecule has 5 nitrogen and oxygen atoms in total. The van der Waals surface area contributed by atoms with Gasteiger partial charge in [0.1, 0.15) is 11.3 Å². The number of nitrogens with one attached hydrogen (secondary N) is 2. The van der Waals surface area contributed by atoms with Gasteiger partial charge in [-0.05, 0) is 51.1 Å². The molecule has 124 valence electrons. The first-order valence-electron chi connectivity index (χ1n) is 7.56. The van der Waals surface area contributed by atoms with Crippen molar-refractivity contribution in [1.29, 1.82) is 0 Å². The van der Waals surface area contributed by atoms with E-state index in [-0.39, 0.29) is 0 Å². The first-order chi connectivity index (χ1) is 11.3. The average molecular weight is 388 g/mol. The van der Waals surface area contributed by atoms with Crippen LogP contribution in [-0.2, 0) is 4.74 Å². The van der Waals surface area contributed by atoms with Gasteiger partial charge >= 0.3 is 6.09 Å². The lowest BCUT2D eigenvalue weighted by Gasteiger charge is -2.19. The third kappa shape index (κ3) is 3.76. The fourth-order valence-electron chi connectivity index (χ4n) is 2.37. The summed E-state index contributed by atoms with van der Waals surface area (Å²) in [7, 11) is 0. The maximum absolute atomic E-state index is 11.9. The molecule has 0 aliphatic carbocycles. The fourth-order valence-corrected chi connectivity index (χ4v) is 2.73. The van der Waals surface area contributed by atoms with Crippen LogP contribution in [0.15, 0.2) is 46.9 Å². The molecule has 0 bridgehead atoms. The lowest BCUT2D eigenvalue weighted by Crippen LogP contribution is -2.27. The zero-order chi connectivity index (χ0) is 17.3. The van der Waals surface area contributed by atoms with Crippen LogP contribution in [0.3, 0.4) is 0 Å². The number of benzene rings is 2. The normalized spacial score (nSPS) is 11.5. The molecule has 0 unspecified atom stereocenters. The number of aromatic amines is 1. The van der Waals surface area contributed by atoms with Crippen LogP contribution in [0.4, 0.5) is 10.5 Å². The Bertz CT molecular complexity index is 897. The van der Waals surface area contributed by atoms with Gasteiger partial charge in [0, 0.05) is 21.1 Å². The Morgan fingerprint density at radius 2 is 2.00 bits per heavy atom. The molecule has 1 heterocycles. The van der Waals surface area contributed by atoms with E-state index in [0.29, 0.717) is 5.69 Å². The van der Waals surface area contributed by atoms with Gasteiger partial charge in [-0.15, -0.1) is 0 Å². The van der Waals surface area contributed by atoms with Crippen molar-refractivity contribution in [3.63, 3.8) is 0 Å². The lowest BCUT2D eigenvalue weighted by molar-refractivity contribution is 0.0636. The second kappa shape index (κ2) is 6.28. The number of carbonyl (C=O) groups excluding carboxylic acids is 1. The van der Waals surface area contributed by atoms with E-state index in [4.69, 9.17) is 4.74 Å². The van der Waals surface area contributed by atoms with E-state index in [1.165, 1.54) is 0 Å². The zero-order valence-corrected chi connectivity index (χ0v) is 15.3. The summed E-state index contributed by atoms with van der Waals surface area (Å²) in [5, 5.41) is 11.2. The third-order valence-electron chi connectivity index (χ3n) is 3.31. The number of hydrogen-bond acceptors (Lipinski definition) is 3. The van der Waals surface area contributed by atoms with Gasteiger partial charge in [0.05, 0.1) is 5.52 Å². The van der Waals surface area contributed by atoms with Crippen LogP contribution >= 0.6 is 15.9 Å². The Labute approximate surface area is 148 Å².